The lowest BCUT2D eigenvalue weighted by atomic mass is 10.2. The van der Waals surface area contributed by atoms with Crippen molar-refractivity contribution >= 4 is 21.2 Å². The fraction of sp³-hybridized carbons (Fsp3) is 0.250. The third kappa shape index (κ3) is 2.32. The van der Waals surface area contributed by atoms with E-state index in [0.29, 0.717) is 24.0 Å². The van der Waals surface area contributed by atoms with E-state index < -0.39 is 14.9 Å². The fourth-order valence-corrected chi connectivity index (χ4v) is 4.46. The topological polar surface area (TPSA) is 76.9 Å². The van der Waals surface area contributed by atoms with Crippen molar-refractivity contribution in [3.8, 4) is 0 Å². The molecular weight excluding hydrogens is 312 g/mol. The molecule has 0 saturated heterocycles. The van der Waals surface area contributed by atoms with Crippen molar-refractivity contribution < 1.29 is 8.42 Å². The number of hydrogen-bond acceptors (Lipinski definition) is 4. The summed E-state index contributed by atoms with van der Waals surface area (Å²) in [6.07, 6.45) is 4.37. The molecule has 1 N–H and O–H groups in total. The number of sulfonamides is 1. The smallest absolute Gasteiger partial charge is 0.236 e. The average Bonchev–Trinajstić information content (AvgIpc) is 3.29. The molecular formula is C16H16N4O2S. The third-order valence-corrected chi connectivity index (χ3v) is 6.36. The molecule has 23 heavy (non-hydrogen) atoms. The summed E-state index contributed by atoms with van der Waals surface area (Å²) in [4.78, 5) is 7.59. The minimum absolute atomic E-state index is 0.283. The quantitative estimate of drug-likeness (QED) is 0.777. The molecule has 1 fully saturated rings. The normalized spacial score (nSPS) is 16.5. The molecule has 0 spiro atoms. The van der Waals surface area contributed by atoms with Crippen LogP contribution in [0.5, 0.6) is 0 Å². The first kappa shape index (κ1) is 14.3. The van der Waals surface area contributed by atoms with E-state index in [4.69, 9.17) is 0 Å². The Bertz CT molecular complexity index is 946. The summed E-state index contributed by atoms with van der Waals surface area (Å²) >= 11 is 0. The van der Waals surface area contributed by atoms with Crippen molar-refractivity contribution in [2.45, 2.75) is 24.3 Å². The molecule has 1 aromatic carbocycles. The number of benzene rings is 1. The van der Waals surface area contributed by atoms with Crippen LogP contribution in [-0.2, 0) is 21.4 Å². The summed E-state index contributed by atoms with van der Waals surface area (Å²) in [7, 11) is -3.53. The van der Waals surface area contributed by atoms with E-state index in [0.717, 1.165) is 5.56 Å². The van der Waals surface area contributed by atoms with Gasteiger partial charge in [-0.05, 0) is 30.5 Å². The Labute approximate surface area is 134 Å². The van der Waals surface area contributed by atoms with E-state index >= 15 is 0 Å². The van der Waals surface area contributed by atoms with E-state index in [9.17, 15) is 8.42 Å². The van der Waals surface area contributed by atoms with Crippen LogP contribution in [0.15, 0.2) is 55.0 Å². The lowest BCUT2D eigenvalue weighted by Crippen LogP contribution is -2.37. The average molecular weight is 328 g/mol. The number of pyridine rings is 1. The van der Waals surface area contributed by atoms with Crippen LogP contribution in [0.25, 0.3) is 11.2 Å². The zero-order valence-electron chi connectivity index (χ0n) is 12.4. The summed E-state index contributed by atoms with van der Waals surface area (Å²) in [5.74, 6) is 0. The van der Waals surface area contributed by atoms with Crippen molar-refractivity contribution in [1.82, 2.24) is 19.3 Å². The summed E-state index contributed by atoms with van der Waals surface area (Å²) in [6.45, 7) is 0.283. The Morgan fingerprint density at radius 1 is 1.09 bits per heavy atom. The van der Waals surface area contributed by atoms with E-state index in [-0.39, 0.29) is 6.54 Å². The van der Waals surface area contributed by atoms with Gasteiger partial charge in [-0.2, -0.15) is 0 Å². The van der Waals surface area contributed by atoms with Crippen LogP contribution in [0.4, 0.5) is 0 Å². The zero-order chi connectivity index (χ0) is 15.9. The van der Waals surface area contributed by atoms with Crippen LogP contribution < -0.4 is 4.72 Å². The van der Waals surface area contributed by atoms with Gasteiger partial charge in [0.25, 0.3) is 0 Å². The Balaban J connectivity index is 1.65. The number of fused-ring (bicyclic) bond motifs is 1. The van der Waals surface area contributed by atoms with Crippen molar-refractivity contribution in [1.29, 1.82) is 0 Å². The zero-order valence-corrected chi connectivity index (χ0v) is 13.2. The lowest BCUT2D eigenvalue weighted by molar-refractivity contribution is 0.528. The summed E-state index contributed by atoms with van der Waals surface area (Å²) < 4.78 is 30.1. The molecule has 2 heterocycles. The van der Waals surface area contributed by atoms with Crippen LogP contribution in [0.1, 0.15) is 18.4 Å². The van der Waals surface area contributed by atoms with E-state index in [1.165, 1.54) is 0 Å². The molecule has 1 aliphatic rings. The molecule has 118 valence electrons. The Morgan fingerprint density at radius 3 is 2.61 bits per heavy atom. The van der Waals surface area contributed by atoms with E-state index in [1.807, 2.05) is 36.4 Å². The second-order valence-corrected chi connectivity index (χ2v) is 7.77. The molecule has 0 atom stereocenters. The van der Waals surface area contributed by atoms with Crippen LogP contribution in [-0.4, -0.2) is 23.0 Å². The molecule has 2 aromatic heterocycles. The number of aromatic nitrogens is 3. The molecule has 7 heteroatoms. The molecule has 0 radical (unpaired) electrons. The largest absolute Gasteiger partial charge is 0.293 e. The summed E-state index contributed by atoms with van der Waals surface area (Å²) in [5.41, 5.74) is 2.24. The highest BCUT2D eigenvalue weighted by molar-refractivity contribution is 7.90. The predicted octanol–water partition coefficient (Wildman–Crippen LogP) is 2.00. The third-order valence-electron chi connectivity index (χ3n) is 4.23. The number of imidazole rings is 1. The number of nitrogens with one attached hydrogen (secondary N) is 1. The molecule has 1 saturated carbocycles. The molecule has 3 aromatic rings. The number of rotatable bonds is 5. The van der Waals surface area contributed by atoms with Gasteiger partial charge in [-0.15, -0.1) is 0 Å². The Hall–Kier alpha value is -2.25. The van der Waals surface area contributed by atoms with Gasteiger partial charge in [0.05, 0.1) is 6.33 Å². The fourth-order valence-electron chi connectivity index (χ4n) is 2.80. The maximum Gasteiger partial charge on any atom is 0.236 e. The van der Waals surface area contributed by atoms with Gasteiger partial charge in [-0.1, -0.05) is 30.3 Å². The lowest BCUT2D eigenvalue weighted by Gasteiger charge is -2.19. The van der Waals surface area contributed by atoms with E-state index in [2.05, 4.69) is 14.7 Å². The molecule has 1 aliphatic carbocycles. The van der Waals surface area contributed by atoms with Crippen molar-refractivity contribution in [2.75, 3.05) is 0 Å². The van der Waals surface area contributed by atoms with Gasteiger partial charge in [0.15, 0.2) is 10.5 Å². The first-order chi connectivity index (χ1) is 11.1. The minimum atomic E-state index is -3.53. The molecule has 6 nitrogen and oxygen atoms in total. The Morgan fingerprint density at radius 2 is 1.87 bits per heavy atom. The van der Waals surface area contributed by atoms with Gasteiger partial charge in [-0.3, -0.25) is 4.57 Å². The van der Waals surface area contributed by atoms with Crippen molar-refractivity contribution in [3.05, 3.63) is 60.6 Å². The standard InChI is InChI=1S/C16H16N4O2S/c21-23(22,19-11-13-5-2-1-3-6-13)16(8-9-16)20-12-18-14-7-4-10-17-15(14)20/h1-7,10,12,19H,8-9,11H2. The van der Waals surface area contributed by atoms with Crippen molar-refractivity contribution in [3.63, 3.8) is 0 Å². The van der Waals surface area contributed by atoms with Crippen LogP contribution in [0, 0.1) is 0 Å². The first-order valence-corrected chi connectivity index (χ1v) is 8.92. The van der Waals surface area contributed by atoms with Gasteiger partial charge in [0.2, 0.25) is 10.0 Å². The van der Waals surface area contributed by atoms with Gasteiger partial charge < -0.3 is 0 Å². The van der Waals surface area contributed by atoms with Gasteiger partial charge in [0, 0.05) is 12.7 Å². The number of nitrogens with zero attached hydrogens (tertiary/aromatic N) is 3. The summed E-state index contributed by atoms with van der Waals surface area (Å²) in [5, 5.41) is 0. The highest BCUT2D eigenvalue weighted by Crippen LogP contribution is 2.49. The molecule has 0 aliphatic heterocycles. The van der Waals surface area contributed by atoms with Gasteiger partial charge >= 0.3 is 0 Å². The summed E-state index contributed by atoms with van der Waals surface area (Å²) in [6, 6.07) is 13.1. The maximum atomic E-state index is 12.8. The monoisotopic (exact) mass is 328 g/mol. The van der Waals surface area contributed by atoms with Gasteiger partial charge in [0.1, 0.15) is 5.52 Å². The predicted molar refractivity (Wildman–Crippen MR) is 86.9 cm³/mol. The van der Waals surface area contributed by atoms with Crippen LogP contribution in [0.3, 0.4) is 0 Å². The highest BCUT2D eigenvalue weighted by Gasteiger charge is 2.57. The second-order valence-electron chi connectivity index (χ2n) is 5.72. The first-order valence-electron chi connectivity index (χ1n) is 7.44. The molecule has 0 amide bonds. The van der Waals surface area contributed by atoms with E-state index in [1.54, 1.807) is 23.2 Å². The Kier molecular flexibility index (Phi) is 3.21. The molecule has 0 unspecified atom stereocenters. The SMILES string of the molecule is O=S(=O)(NCc1ccccc1)C1(n2cnc3cccnc32)CC1. The van der Waals surface area contributed by atoms with Crippen LogP contribution >= 0.6 is 0 Å². The highest BCUT2D eigenvalue weighted by atomic mass is 32.2. The molecule has 4 rings (SSSR count). The molecule has 0 bridgehead atoms. The minimum Gasteiger partial charge on any atom is -0.293 e. The number of hydrogen-bond donors (Lipinski definition) is 1. The van der Waals surface area contributed by atoms with Gasteiger partial charge in [-0.25, -0.2) is 23.1 Å². The van der Waals surface area contributed by atoms with Crippen molar-refractivity contribution in [2.24, 2.45) is 0 Å². The second kappa shape index (κ2) is 5.14. The van der Waals surface area contributed by atoms with Crippen LogP contribution in [0.2, 0.25) is 0 Å². The maximum absolute atomic E-state index is 12.8.